The third-order valence-electron chi connectivity index (χ3n) is 6.42. The molecule has 2 aliphatic heterocycles. The number of amides is 2. The zero-order chi connectivity index (χ0) is 25.3. The van der Waals surface area contributed by atoms with Crippen molar-refractivity contribution in [3.63, 3.8) is 0 Å². The van der Waals surface area contributed by atoms with Gasteiger partial charge in [0, 0.05) is 31.3 Å². The van der Waals surface area contributed by atoms with Crippen LogP contribution in [-0.4, -0.2) is 52.1 Å². The highest BCUT2D eigenvalue weighted by molar-refractivity contribution is 5.97. The molecule has 1 saturated heterocycles. The SMILES string of the molecule is C/C1=C/[C@@H](C)[C@H](O)[C@@H](O)/C=C/CC/C=C/C(=O)O[C@@H]1[C@H](C)C(=O)CCCC1CC(=O)NC(=O)C1. The summed E-state index contributed by atoms with van der Waals surface area (Å²) in [5.41, 5.74) is 0.622. The summed E-state index contributed by atoms with van der Waals surface area (Å²) >= 11 is 0. The number of ketones is 1. The second kappa shape index (κ2) is 13.3. The quantitative estimate of drug-likeness (QED) is 0.306. The predicted octanol–water partition coefficient (Wildman–Crippen LogP) is 2.54. The number of ether oxygens (including phenoxy) is 1. The predicted molar refractivity (Wildman–Crippen MR) is 126 cm³/mol. The van der Waals surface area contributed by atoms with Gasteiger partial charge in [-0.25, -0.2) is 4.79 Å². The lowest BCUT2D eigenvalue weighted by molar-refractivity contribution is -0.145. The van der Waals surface area contributed by atoms with Gasteiger partial charge in [-0.1, -0.05) is 38.2 Å². The number of Topliss-reactive ketones (excluding diaryl/α,β-unsaturated/α-hetero) is 1. The van der Waals surface area contributed by atoms with Gasteiger partial charge in [-0.05, 0) is 44.1 Å². The van der Waals surface area contributed by atoms with Crippen LogP contribution in [0.5, 0.6) is 0 Å². The van der Waals surface area contributed by atoms with Crippen LogP contribution in [0.1, 0.15) is 65.7 Å². The van der Waals surface area contributed by atoms with E-state index in [0.717, 1.165) is 0 Å². The van der Waals surface area contributed by atoms with Crippen LogP contribution in [0.15, 0.2) is 36.0 Å². The highest BCUT2D eigenvalue weighted by Crippen LogP contribution is 2.25. The molecule has 2 aliphatic rings. The van der Waals surface area contributed by atoms with E-state index in [9.17, 15) is 29.4 Å². The fourth-order valence-corrected chi connectivity index (χ4v) is 4.41. The monoisotopic (exact) mass is 475 g/mol. The van der Waals surface area contributed by atoms with Gasteiger partial charge < -0.3 is 14.9 Å². The van der Waals surface area contributed by atoms with E-state index < -0.39 is 36.1 Å². The molecule has 0 aromatic rings. The van der Waals surface area contributed by atoms with Crippen molar-refractivity contribution in [2.75, 3.05) is 0 Å². The summed E-state index contributed by atoms with van der Waals surface area (Å²) in [5, 5.41) is 22.9. The highest BCUT2D eigenvalue weighted by atomic mass is 16.5. The normalized spacial score (nSPS) is 31.9. The minimum atomic E-state index is -1.04. The minimum absolute atomic E-state index is 0.0638. The van der Waals surface area contributed by atoms with Crippen molar-refractivity contribution in [1.82, 2.24) is 5.32 Å². The van der Waals surface area contributed by atoms with E-state index in [-0.39, 0.29) is 42.8 Å². The van der Waals surface area contributed by atoms with Crippen LogP contribution < -0.4 is 5.32 Å². The molecule has 0 aliphatic carbocycles. The van der Waals surface area contributed by atoms with Crippen molar-refractivity contribution in [1.29, 1.82) is 0 Å². The van der Waals surface area contributed by atoms with Crippen molar-refractivity contribution in [3.8, 4) is 0 Å². The van der Waals surface area contributed by atoms with Gasteiger partial charge >= 0.3 is 5.97 Å². The van der Waals surface area contributed by atoms with Gasteiger partial charge in [0.2, 0.25) is 11.8 Å². The largest absolute Gasteiger partial charge is 0.454 e. The molecule has 2 heterocycles. The molecule has 34 heavy (non-hydrogen) atoms. The number of allylic oxidation sites excluding steroid dienone is 2. The molecule has 1 fully saturated rings. The molecule has 2 rings (SSSR count). The number of carbonyl (C=O) groups is 4. The maximum atomic E-state index is 13.0. The van der Waals surface area contributed by atoms with Gasteiger partial charge in [-0.15, -0.1) is 0 Å². The van der Waals surface area contributed by atoms with Gasteiger partial charge in [0.15, 0.2) is 0 Å². The first-order valence-corrected chi connectivity index (χ1v) is 12.0. The molecule has 8 heteroatoms. The van der Waals surface area contributed by atoms with Gasteiger partial charge in [-0.2, -0.15) is 0 Å². The van der Waals surface area contributed by atoms with Gasteiger partial charge in [0.25, 0.3) is 0 Å². The number of esters is 1. The molecule has 2 amide bonds. The second-order valence-corrected chi connectivity index (χ2v) is 9.41. The first-order chi connectivity index (χ1) is 16.1. The van der Waals surface area contributed by atoms with Crippen LogP contribution in [-0.2, 0) is 23.9 Å². The van der Waals surface area contributed by atoms with E-state index in [1.807, 2.05) is 0 Å². The second-order valence-electron chi connectivity index (χ2n) is 9.41. The van der Waals surface area contributed by atoms with Gasteiger partial charge in [-0.3, -0.25) is 19.7 Å². The Kier molecular flexibility index (Phi) is 10.9. The van der Waals surface area contributed by atoms with Crippen molar-refractivity contribution < 1.29 is 34.1 Å². The van der Waals surface area contributed by atoms with Crippen molar-refractivity contribution in [2.24, 2.45) is 17.8 Å². The lowest BCUT2D eigenvalue weighted by Crippen LogP contribution is -2.38. The molecule has 5 atom stereocenters. The van der Waals surface area contributed by atoms with Crippen LogP contribution in [0.4, 0.5) is 0 Å². The van der Waals surface area contributed by atoms with Crippen LogP contribution in [0, 0.1) is 17.8 Å². The van der Waals surface area contributed by atoms with Crippen LogP contribution >= 0.6 is 0 Å². The van der Waals surface area contributed by atoms with Crippen LogP contribution in [0.25, 0.3) is 0 Å². The Morgan fingerprint density at radius 1 is 1.15 bits per heavy atom. The van der Waals surface area contributed by atoms with E-state index in [2.05, 4.69) is 5.32 Å². The maximum Gasteiger partial charge on any atom is 0.331 e. The summed E-state index contributed by atoms with van der Waals surface area (Å²) in [6.07, 6.45) is 8.29. The average Bonchev–Trinajstić information content (AvgIpc) is 2.77. The molecule has 0 spiro atoms. The van der Waals surface area contributed by atoms with Gasteiger partial charge in [0.1, 0.15) is 11.9 Å². The summed E-state index contributed by atoms with van der Waals surface area (Å²) < 4.78 is 5.65. The first-order valence-electron chi connectivity index (χ1n) is 12.0. The summed E-state index contributed by atoms with van der Waals surface area (Å²) in [7, 11) is 0. The number of imide groups is 1. The van der Waals surface area contributed by atoms with E-state index in [4.69, 9.17) is 4.74 Å². The standard InChI is InChI=1S/C26H37NO7/c1-16-13-17(2)26(34-24(32)12-7-5-4-6-10-21(29)25(16)33)18(3)20(28)11-8-9-19-14-22(30)27-23(31)15-19/h6-7,10,12-13,16,18-19,21,25-26,29,33H,4-5,8-9,11,14-15H2,1-3H3,(H,27,30,31)/b10-6+,12-7+,17-13-/t16-,18-,21+,25+,26+/m1/s1. The van der Waals surface area contributed by atoms with E-state index in [1.54, 1.807) is 45.1 Å². The van der Waals surface area contributed by atoms with Crippen molar-refractivity contribution in [2.45, 2.75) is 84.0 Å². The molecule has 3 N–H and O–H groups in total. The van der Waals surface area contributed by atoms with Crippen LogP contribution in [0.2, 0.25) is 0 Å². The Bertz CT molecular complexity index is 828. The smallest absolute Gasteiger partial charge is 0.331 e. The molecular formula is C26H37NO7. The Labute approximate surface area is 201 Å². The summed E-state index contributed by atoms with van der Waals surface area (Å²) in [5.74, 6) is -2.30. The number of rotatable bonds is 6. The molecular weight excluding hydrogens is 438 g/mol. The number of carbonyl (C=O) groups excluding carboxylic acids is 4. The zero-order valence-corrected chi connectivity index (χ0v) is 20.2. The molecule has 0 aromatic heterocycles. The summed E-state index contributed by atoms with van der Waals surface area (Å²) in [6.45, 7) is 5.21. The number of hydrogen-bond acceptors (Lipinski definition) is 7. The average molecular weight is 476 g/mol. The molecule has 0 unspecified atom stereocenters. The Morgan fingerprint density at radius 3 is 2.47 bits per heavy atom. The molecule has 0 saturated carbocycles. The maximum absolute atomic E-state index is 13.0. The molecule has 8 nitrogen and oxygen atoms in total. The zero-order valence-electron chi connectivity index (χ0n) is 20.2. The van der Waals surface area contributed by atoms with Crippen LogP contribution in [0.3, 0.4) is 0 Å². The number of piperidine rings is 1. The Hall–Kier alpha value is -2.58. The third kappa shape index (κ3) is 8.65. The lowest BCUT2D eigenvalue weighted by Gasteiger charge is -2.26. The fraction of sp³-hybridized carbons (Fsp3) is 0.615. The Balaban J connectivity index is 2.09. The van der Waals surface area contributed by atoms with Crippen molar-refractivity contribution >= 4 is 23.6 Å². The van der Waals surface area contributed by atoms with Crippen molar-refractivity contribution in [3.05, 3.63) is 36.0 Å². The number of nitrogens with one attached hydrogen (secondary N) is 1. The third-order valence-corrected chi connectivity index (χ3v) is 6.42. The molecule has 0 bridgehead atoms. The molecule has 0 radical (unpaired) electrons. The lowest BCUT2D eigenvalue weighted by atomic mass is 9.86. The van der Waals surface area contributed by atoms with Gasteiger partial charge in [0.05, 0.1) is 18.1 Å². The van der Waals surface area contributed by atoms with E-state index in [1.165, 1.54) is 6.08 Å². The first kappa shape index (κ1) is 27.7. The summed E-state index contributed by atoms with van der Waals surface area (Å²) in [4.78, 5) is 48.4. The topological polar surface area (TPSA) is 130 Å². The van der Waals surface area contributed by atoms with E-state index in [0.29, 0.717) is 31.3 Å². The minimum Gasteiger partial charge on any atom is -0.454 e. The molecule has 188 valence electrons. The number of hydrogen-bond donors (Lipinski definition) is 3. The number of aliphatic hydroxyl groups is 2. The molecule has 0 aromatic carbocycles. The number of cyclic esters (lactones) is 1. The van der Waals surface area contributed by atoms with E-state index >= 15 is 0 Å². The Morgan fingerprint density at radius 2 is 1.79 bits per heavy atom. The summed E-state index contributed by atoms with van der Waals surface area (Å²) in [6, 6.07) is 0. The highest BCUT2D eigenvalue weighted by Gasteiger charge is 2.30. The fourth-order valence-electron chi connectivity index (χ4n) is 4.41. The number of aliphatic hydroxyl groups excluding tert-OH is 2.